The Hall–Kier alpha value is -2.65. The van der Waals surface area contributed by atoms with Gasteiger partial charge in [-0.2, -0.15) is 4.57 Å². The van der Waals surface area contributed by atoms with E-state index in [0.29, 0.717) is 0 Å². The van der Waals surface area contributed by atoms with Gasteiger partial charge in [-0.1, -0.05) is 36.4 Å². The van der Waals surface area contributed by atoms with Gasteiger partial charge in [-0.25, -0.2) is 0 Å². The molecule has 3 aromatic carbocycles. The summed E-state index contributed by atoms with van der Waals surface area (Å²) in [6.45, 7) is 2.12. The molecule has 5 rings (SSSR count). The molecule has 24 heavy (non-hydrogen) atoms. The summed E-state index contributed by atoms with van der Waals surface area (Å²) in [4.78, 5) is 0. The Morgan fingerprint density at radius 3 is 2.54 bits per heavy atom. The number of aryl methyl sites for hydroxylation is 2. The van der Waals surface area contributed by atoms with E-state index in [2.05, 4.69) is 79.2 Å². The van der Waals surface area contributed by atoms with Gasteiger partial charge in [-0.15, -0.1) is 11.3 Å². The number of nitrogens with zero attached hydrogens (tertiary/aromatic N) is 1. The Labute approximate surface area is 143 Å². The monoisotopic (exact) mass is 330 g/mol. The lowest BCUT2D eigenvalue weighted by atomic mass is 10.1. The van der Waals surface area contributed by atoms with Gasteiger partial charge in [-0.3, -0.25) is 0 Å². The Morgan fingerprint density at radius 2 is 1.67 bits per heavy atom. The molecule has 0 unspecified atom stereocenters. The third-order valence-corrected chi connectivity index (χ3v) is 5.91. The van der Waals surface area contributed by atoms with Gasteiger partial charge in [0.1, 0.15) is 7.05 Å². The number of hydrogen-bond acceptors (Lipinski definition) is 2. The highest BCUT2D eigenvalue weighted by Crippen LogP contribution is 2.39. The summed E-state index contributed by atoms with van der Waals surface area (Å²) in [5.41, 5.74) is 4.48. The molecule has 116 valence electrons. The van der Waals surface area contributed by atoms with Crippen LogP contribution in [0.15, 0.2) is 65.1 Å². The van der Waals surface area contributed by atoms with Crippen LogP contribution in [0.1, 0.15) is 5.56 Å². The molecule has 2 heterocycles. The maximum Gasteiger partial charge on any atom is 0.381 e. The molecule has 3 heteroatoms. The second-order valence-corrected chi connectivity index (χ2v) is 7.22. The average Bonchev–Trinajstić information content (AvgIpc) is 3.14. The maximum absolute atomic E-state index is 6.38. The molecule has 0 spiro atoms. The van der Waals surface area contributed by atoms with Crippen molar-refractivity contribution in [1.29, 1.82) is 0 Å². The molecular formula is C21H16NOS+. The molecular weight excluding hydrogens is 314 g/mol. The zero-order valence-corrected chi connectivity index (χ0v) is 14.4. The fourth-order valence-electron chi connectivity index (χ4n) is 3.44. The van der Waals surface area contributed by atoms with E-state index in [-0.39, 0.29) is 0 Å². The van der Waals surface area contributed by atoms with Crippen LogP contribution < -0.4 is 4.57 Å². The van der Waals surface area contributed by atoms with Crippen molar-refractivity contribution in [3.8, 4) is 11.5 Å². The zero-order valence-electron chi connectivity index (χ0n) is 13.5. The van der Waals surface area contributed by atoms with Gasteiger partial charge in [0.25, 0.3) is 5.52 Å². The molecule has 0 amide bonds. The standard InChI is InChI=1S/C21H16NOS/c1-13-7-3-4-8-14(13)21-22(2)17-12-11-16-15-9-5-6-10-18(15)24-20(16)19(17)23-21/h3-12H,1-2H3/q+1. The van der Waals surface area contributed by atoms with Crippen molar-refractivity contribution in [2.45, 2.75) is 6.92 Å². The minimum Gasteiger partial charge on any atom is -0.396 e. The number of aromatic nitrogens is 1. The summed E-state index contributed by atoms with van der Waals surface area (Å²) in [6, 6.07) is 21.3. The van der Waals surface area contributed by atoms with Gasteiger partial charge < -0.3 is 4.42 Å². The molecule has 2 nitrogen and oxygen atoms in total. The van der Waals surface area contributed by atoms with Crippen molar-refractivity contribution in [3.05, 3.63) is 66.2 Å². The number of thiophene rings is 1. The van der Waals surface area contributed by atoms with E-state index in [1.807, 2.05) is 0 Å². The van der Waals surface area contributed by atoms with Crippen molar-refractivity contribution >= 4 is 42.6 Å². The third-order valence-electron chi connectivity index (χ3n) is 4.72. The predicted octanol–water partition coefficient (Wildman–Crippen LogP) is 5.60. The van der Waals surface area contributed by atoms with Crippen LogP contribution in [0.5, 0.6) is 0 Å². The summed E-state index contributed by atoms with van der Waals surface area (Å²) >= 11 is 1.81. The van der Waals surface area contributed by atoms with Crippen molar-refractivity contribution in [1.82, 2.24) is 0 Å². The van der Waals surface area contributed by atoms with E-state index < -0.39 is 0 Å². The van der Waals surface area contributed by atoms with E-state index in [0.717, 1.165) is 22.6 Å². The Balaban J connectivity index is 1.91. The van der Waals surface area contributed by atoms with Gasteiger partial charge in [0.05, 0.1) is 10.3 Å². The van der Waals surface area contributed by atoms with Crippen LogP contribution in [0.3, 0.4) is 0 Å². The van der Waals surface area contributed by atoms with E-state index >= 15 is 0 Å². The van der Waals surface area contributed by atoms with E-state index in [4.69, 9.17) is 4.42 Å². The summed E-state index contributed by atoms with van der Waals surface area (Å²) < 4.78 is 11.1. The fraction of sp³-hybridized carbons (Fsp3) is 0.0952. The summed E-state index contributed by atoms with van der Waals surface area (Å²) in [7, 11) is 2.08. The van der Waals surface area contributed by atoms with Crippen molar-refractivity contribution in [3.63, 3.8) is 0 Å². The Bertz CT molecular complexity index is 1230. The highest BCUT2D eigenvalue weighted by Gasteiger charge is 2.24. The van der Waals surface area contributed by atoms with Crippen molar-refractivity contribution in [2.24, 2.45) is 7.05 Å². The first-order valence-electron chi connectivity index (χ1n) is 8.03. The summed E-state index contributed by atoms with van der Waals surface area (Å²) in [6.07, 6.45) is 0. The molecule has 0 aliphatic carbocycles. The molecule has 0 N–H and O–H groups in total. The maximum atomic E-state index is 6.38. The molecule has 0 saturated heterocycles. The van der Waals surface area contributed by atoms with Crippen LogP contribution >= 0.6 is 11.3 Å². The normalized spacial score (nSPS) is 11.8. The van der Waals surface area contributed by atoms with Crippen molar-refractivity contribution in [2.75, 3.05) is 0 Å². The molecule has 0 atom stereocenters. The number of fused-ring (bicyclic) bond motifs is 5. The summed E-state index contributed by atoms with van der Waals surface area (Å²) in [5, 5.41) is 2.57. The molecule has 2 aromatic heterocycles. The topological polar surface area (TPSA) is 17.0 Å². The molecule has 0 aliphatic heterocycles. The van der Waals surface area contributed by atoms with Crippen molar-refractivity contribution < 1.29 is 8.98 Å². The van der Waals surface area contributed by atoms with Crippen LogP contribution in [0.2, 0.25) is 0 Å². The predicted molar refractivity (Wildman–Crippen MR) is 100 cm³/mol. The van der Waals surface area contributed by atoms with Gasteiger partial charge in [-0.05, 0) is 30.7 Å². The third kappa shape index (κ3) is 1.79. The summed E-state index contributed by atoms with van der Waals surface area (Å²) in [5.74, 6) is 0.910. The minimum atomic E-state index is 0.910. The quantitative estimate of drug-likeness (QED) is 0.366. The lowest BCUT2D eigenvalue weighted by Gasteiger charge is -1.97. The molecule has 0 aliphatic rings. The fourth-order valence-corrected chi connectivity index (χ4v) is 4.62. The van der Waals surface area contributed by atoms with Gasteiger partial charge in [0, 0.05) is 21.5 Å². The van der Waals surface area contributed by atoms with Gasteiger partial charge in [0.15, 0.2) is 0 Å². The minimum absolute atomic E-state index is 0.910. The van der Waals surface area contributed by atoms with Crippen LogP contribution in [0.25, 0.3) is 42.7 Å². The largest absolute Gasteiger partial charge is 0.396 e. The van der Waals surface area contributed by atoms with Gasteiger partial charge in [0.2, 0.25) is 5.58 Å². The molecule has 0 bridgehead atoms. The van der Waals surface area contributed by atoms with E-state index in [9.17, 15) is 0 Å². The number of benzene rings is 3. The first kappa shape index (κ1) is 13.8. The second-order valence-electron chi connectivity index (χ2n) is 6.17. The molecule has 0 saturated carbocycles. The highest BCUT2D eigenvalue weighted by molar-refractivity contribution is 7.26. The lowest BCUT2D eigenvalue weighted by Crippen LogP contribution is -2.28. The second kappa shape index (κ2) is 4.92. The highest BCUT2D eigenvalue weighted by atomic mass is 32.1. The van der Waals surface area contributed by atoms with Crippen LogP contribution in [-0.4, -0.2) is 0 Å². The number of hydrogen-bond donors (Lipinski definition) is 0. The average molecular weight is 330 g/mol. The first-order valence-corrected chi connectivity index (χ1v) is 8.84. The number of rotatable bonds is 1. The molecule has 0 radical (unpaired) electrons. The van der Waals surface area contributed by atoms with Gasteiger partial charge >= 0.3 is 5.89 Å². The lowest BCUT2D eigenvalue weighted by molar-refractivity contribution is -0.637. The number of oxazole rings is 1. The van der Waals surface area contributed by atoms with E-state index in [1.54, 1.807) is 11.3 Å². The first-order chi connectivity index (χ1) is 11.7. The van der Waals surface area contributed by atoms with E-state index in [1.165, 1.54) is 25.7 Å². The molecule has 5 aromatic rings. The Morgan fingerprint density at radius 1 is 0.875 bits per heavy atom. The van der Waals surface area contributed by atoms with Crippen LogP contribution in [-0.2, 0) is 7.05 Å². The smallest absolute Gasteiger partial charge is 0.381 e. The van der Waals surface area contributed by atoms with Crippen LogP contribution in [0, 0.1) is 6.92 Å². The Kier molecular flexibility index (Phi) is 2.82. The SMILES string of the molecule is Cc1ccccc1-c1oc2c3sc4ccccc4c3ccc2[n+]1C. The molecule has 0 fully saturated rings. The van der Waals surface area contributed by atoms with Crippen LogP contribution in [0.4, 0.5) is 0 Å². The zero-order chi connectivity index (χ0) is 16.3.